The van der Waals surface area contributed by atoms with Crippen LogP contribution in [-0.4, -0.2) is 15.0 Å². The first kappa shape index (κ1) is 31.1. The van der Waals surface area contributed by atoms with E-state index >= 15 is 0 Å². The van der Waals surface area contributed by atoms with Gasteiger partial charge >= 0.3 is 0 Å². The van der Waals surface area contributed by atoms with Gasteiger partial charge in [-0.2, -0.15) is 10.5 Å². The van der Waals surface area contributed by atoms with Crippen molar-refractivity contribution in [2.75, 3.05) is 4.90 Å². The van der Waals surface area contributed by atoms with Crippen molar-refractivity contribution >= 4 is 17.1 Å². The standard InChI is InChI=1S/C48H28N6/c49-29-31-23-25-37-36-17-7-8-18-38(36)48(41(37)27-31)39-19-9-11-21-43(39)54(44-22-12-10-20-40(44)48)42-26-24-34(28-35(42)30-50)47-52-45(32-13-3-1-4-14-32)51-46(53-47)33-15-5-2-6-16-33/h1-28H. The van der Waals surface area contributed by atoms with Crippen LogP contribution in [0, 0.1) is 22.7 Å². The number of para-hydroxylation sites is 2. The van der Waals surface area contributed by atoms with E-state index in [9.17, 15) is 10.5 Å². The highest BCUT2D eigenvalue weighted by Gasteiger charge is 2.51. The molecule has 6 heteroatoms. The SMILES string of the molecule is N#Cc1ccc2c(c1)C1(c3ccccc3-2)c2ccccc2N(c2ccc(-c3nc(-c4ccccc4)nc(-c4ccccc4)n3)cc2C#N)c2ccccc21. The molecule has 0 amide bonds. The van der Waals surface area contributed by atoms with Crippen LogP contribution in [0.15, 0.2) is 170 Å². The second kappa shape index (κ2) is 12.2. The number of hydrogen-bond acceptors (Lipinski definition) is 6. The fourth-order valence-corrected chi connectivity index (χ4v) is 8.33. The first-order valence-corrected chi connectivity index (χ1v) is 17.7. The Hall–Kier alpha value is -7.67. The zero-order chi connectivity index (χ0) is 36.2. The molecule has 10 rings (SSSR count). The van der Waals surface area contributed by atoms with E-state index < -0.39 is 5.41 Å². The summed E-state index contributed by atoms with van der Waals surface area (Å²) in [6, 6.07) is 61.9. The molecule has 8 aromatic rings. The van der Waals surface area contributed by atoms with E-state index in [0.717, 1.165) is 56.0 Å². The van der Waals surface area contributed by atoms with Crippen LogP contribution in [0.2, 0.25) is 0 Å². The third-order valence-corrected chi connectivity index (χ3v) is 10.6. The second-order valence-electron chi connectivity index (χ2n) is 13.4. The van der Waals surface area contributed by atoms with Crippen LogP contribution in [0.4, 0.5) is 17.1 Å². The number of nitriles is 2. The van der Waals surface area contributed by atoms with E-state index in [2.05, 4.69) is 89.8 Å². The predicted octanol–water partition coefficient (Wildman–Crippen LogP) is 10.8. The van der Waals surface area contributed by atoms with Gasteiger partial charge in [0, 0.05) is 16.7 Å². The number of fused-ring (bicyclic) bond motifs is 9. The van der Waals surface area contributed by atoms with Crippen molar-refractivity contribution in [3.05, 3.63) is 203 Å². The molecule has 0 saturated heterocycles. The lowest BCUT2D eigenvalue weighted by molar-refractivity contribution is 0.752. The van der Waals surface area contributed by atoms with E-state index in [1.54, 1.807) is 0 Å². The van der Waals surface area contributed by atoms with Crippen molar-refractivity contribution < 1.29 is 0 Å². The fraction of sp³-hybridized carbons (Fsp3) is 0.0208. The maximum absolute atomic E-state index is 10.8. The van der Waals surface area contributed by atoms with E-state index in [0.29, 0.717) is 34.2 Å². The van der Waals surface area contributed by atoms with Crippen molar-refractivity contribution in [2.45, 2.75) is 5.41 Å². The molecule has 250 valence electrons. The fourth-order valence-electron chi connectivity index (χ4n) is 8.33. The minimum absolute atomic E-state index is 0.481. The van der Waals surface area contributed by atoms with Gasteiger partial charge in [-0.05, 0) is 75.8 Å². The summed E-state index contributed by atoms with van der Waals surface area (Å²) in [4.78, 5) is 16.9. The van der Waals surface area contributed by atoms with Crippen LogP contribution in [0.3, 0.4) is 0 Å². The van der Waals surface area contributed by atoms with Gasteiger partial charge in [-0.1, -0.05) is 127 Å². The molecule has 54 heavy (non-hydrogen) atoms. The molecule has 1 aliphatic heterocycles. The summed E-state index contributed by atoms with van der Waals surface area (Å²) >= 11 is 0. The van der Waals surface area contributed by atoms with Gasteiger partial charge in [0.2, 0.25) is 0 Å². The lowest BCUT2D eigenvalue weighted by Gasteiger charge is -2.45. The monoisotopic (exact) mass is 688 g/mol. The Balaban J connectivity index is 1.18. The largest absolute Gasteiger partial charge is 0.308 e. The van der Waals surface area contributed by atoms with Crippen LogP contribution in [0.1, 0.15) is 33.4 Å². The maximum Gasteiger partial charge on any atom is 0.164 e. The molecule has 2 heterocycles. The van der Waals surface area contributed by atoms with Gasteiger partial charge in [0.1, 0.15) is 6.07 Å². The van der Waals surface area contributed by atoms with Crippen LogP contribution in [-0.2, 0) is 5.41 Å². The number of anilines is 3. The maximum atomic E-state index is 10.8. The molecule has 0 saturated carbocycles. The summed E-state index contributed by atoms with van der Waals surface area (Å²) in [5, 5.41) is 20.9. The molecule has 0 bridgehead atoms. The number of benzene rings is 7. The second-order valence-corrected chi connectivity index (χ2v) is 13.4. The normalized spacial score (nSPS) is 12.9. The summed E-state index contributed by atoms with van der Waals surface area (Å²) in [5.41, 5.74) is 12.2. The number of nitrogens with zero attached hydrogens (tertiary/aromatic N) is 6. The summed E-state index contributed by atoms with van der Waals surface area (Å²) in [5.74, 6) is 1.60. The molecule has 0 atom stereocenters. The average molecular weight is 689 g/mol. The molecule has 0 fully saturated rings. The van der Waals surface area contributed by atoms with Crippen molar-refractivity contribution in [3.8, 4) is 57.4 Å². The molecule has 2 aliphatic rings. The predicted molar refractivity (Wildman–Crippen MR) is 211 cm³/mol. The Bertz CT molecular complexity index is 2760. The topological polar surface area (TPSA) is 89.5 Å². The molecule has 1 aliphatic carbocycles. The molecule has 1 spiro atoms. The van der Waals surface area contributed by atoms with Gasteiger partial charge in [-0.25, -0.2) is 15.0 Å². The third kappa shape index (κ3) is 4.54. The highest BCUT2D eigenvalue weighted by atomic mass is 15.2. The highest BCUT2D eigenvalue weighted by Crippen LogP contribution is 2.63. The zero-order valence-corrected chi connectivity index (χ0v) is 28.8. The van der Waals surface area contributed by atoms with Crippen molar-refractivity contribution in [3.63, 3.8) is 0 Å². The molecule has 0 N–H and O–H groups in total. The Kier molecular flexibility index (Phi) is 7.05. The van der Waals surface area contributed by atoms with Gasteiger partial charge in [-0.3, -0.25) is 0 Å². The Labute approximate surface area is 312 Å². The summed E-state index contributed by atoms with van der Waals surface area (Å²) < 4.78 is 0. The molecule has 0 unspecified atom stereocenters. The van der Waals surface area contributed by atoms with E-state index in [4.69, 9.17) is 15.0 Å². The van der Waals surface area contributed by atoms with Crippen LogP contribution in [0.5, 0.6) is 0 Å². The number of aromatic nitrogens is 3. The molecule has 1 aromatic heterocycles. The van der Waals surface area contributed by atoms with Gasteiger partial charge in [0.15, 0.2) is 17.5 Å². The number of rotatable bonds is 4. The molecule has 0 radical (unpaired) electrons. The van der Waals surface area contributed by atoms with Crippen molar-refractivity contribution in [1.82, 2.24) is 15.0 Å². The van der Waals surface area contributed by atoms with Crippen LogP contribution < -0.4 is 4.90 Å². The van der Waals surface area contributed by atoms with E-state index in [-0.39, 0.29) is 0 Å². The van der Waals surface area contributed by atoms with Crippen molar-refractivity contribution in [2.24, 2.45) is 0 Å². The Morgan fingerprint density at radius 3 is 1.52 bits per heavy atom. The zero-order valence-electron chi connectivity index (χ0n) is 28.8. The summed E-state index contributed by atoms with van der Waals surface area (Å²) in [6.45, 7) is 0. The minimum Gasteiger partial charge on any atom is -0.308 e. The molecular formula is C48H28N6. The first-order valence-electron chi connectivity index (χ1n) is 17.7. The first-order chi connectivity index (χ1) is 26.7. The lowest BCUT2D eigenvalue weighted by Crippen LogP contribution is -2.36. The molecule has 6 nitrogen and oxygen atoms in total. The van der Waals surface area contributed by atoms with Gasteiger partial charge in [-0.15, -0.1) is 0 Å². The smallest absolute Gasteiger partial charge is 0.164 e. The quantitative estimate of drug-likeness (QED) is 0.183. The Morgan fingerprint density at radius 1 is 0.407 bits per heavy atom. The van der Waals surface area contributed by atoms with Gasteiger partial charge < -0.3 is 4.90 Å². The Morgan fingerprint density at radius 2 is 0.926 bits per heavy atom. The lowest BCUT2D eigenvalue weighted by atomic mass is 9.64. The minimum atomic E-state index is -0.679. The summed E-state index contributed by atoms with van der Waals surface area (Å²) in [7, 11) is 0. The molecular weight excluding hydrogens is 661 g/mol. The third-order valence-electron chi connectivity index (χ3n) is 10.6. The van der Waals surface area contributed by atoms with E-state index in [1.165, 1.54) is 5.56 Å². The average Bonchev–Trinajstić information content (AvgIpc) is 3.54. The highest BCUT2D eigenvalue weighted by molar-refractivity contribution is 5.97. The van der Waals surface area contributed by atoms with Crippen LogP contribution in [0.25, 0.3) is 45.3 Å². The molecule has 7 aromatic carbocycles. The van der Waals surface area contributed by atoms with Gasteiger partial charge in [0.25, 0.3) is 0 Å². The van der Waals surface area contributed by atoms with Crippen LogP contribution >= 0.6 is 0 Å². The number of hydrogen-bond donors (Lipinski definition) is 0. The van der Waals surface area contributed by atoms with E-state index in [1.807, 2.05) is 97.1 Å². The van der Waals surface area contributed by atoms with Gasteiger partial charge in [0.05, 0.1) is 39.7 Å². The van der Waals surface area contributed by atoms with Crippen molar-refractivity contribution in [1.29, 1.82) is 10.5 Å². The summed E-state index contributed by atoms with van der Waals surface area (Å²) in [6.07, 6.45) is 0.